The lowest BCUT2D eigenvalue weighted by Crippen LogP contribution is -2.30. The summed E-state index contributed by atoms with van der Waals surface area (Å²) in [5, 5.41) is 13.1. The van der Waals surface area contributed by atoms with Gasteiger partial charge in [-0.15, -0.1) is 0 Å². The second kappa shape index (κ2) is 7.78. The largest absolute Gasteiger partial charge is 0.481 e. The molecule has 0 atom stereocenters. The number of carbonyl (C=O) groups is 2. The highest BCUT2D eigenvalue weighted by Crippen LogP contribution is 2.23. The lowest BCUT2D eigenvalue weighted by molar-refractivity contribution is -0.137. The summed E-state index contributed by atoms with van der Waals surface area (Å²) < 4.78 is 26.4. The minimum Gasteiger partial charge on any atom is -0.481 e. The Kier molecular flexibility index (Phi) is 6.37. The van der Waals surface area contributed by atoms with Crippen molar-refractivity contribution in [2.24, 2.45) is 0 Å². The zero-order chi connectivity index (χ0) is 15.1. The Hall–Kier alpha value is -1.70. The van der Waals surface area contributed by atoms with E-state index in [-0.39, 0.29) is 23.1 Å². The van der Waals surface area contributed by atoms with Crippen LogP contribution in [-0.2, 0) is 4.79 Å². The van der Waals surface area contributed by atoms with Crippen molar-refractivity contribution in [1.29, 1.82) is 0 Å². The van der Waals surface area contributed by atoms with Crippen LogP contribution < -0.4 is 10.6 Å². The number of amides is 2. The van der Waals surface area contributed by atoms with E-state index in [2.05, 4.69) is 26.6 Å². The fourth-order valence-corrected chi connectivity index (χ4v) is 1.73. The van der Waals surface area contributed by atoms with Crippen molar-refractivity contribution < 1.29 is 23.5 Å². The van der Waals surface area contributed by atoms with Crippen LogP contribution in [-0.4, -0.2) is 23.7 Å². The van der Waals surface area contributed by atoms with Crippen LogP contribution in [0.2, 0.25) is 0 Å². The van der Waals surface area contributed by atoms with Gasteiger partial charge >= 0.3 is 12.0 Å². The summed E-state index contributed by atoms with van der Waals surface area (Å²) in [6.07, 6.45) is 0.963. The summed E-state index contributed by atoms with van der Waals surface area (Å²) in [6, 6.07) is 1.14. The first-order chi connectivity index (χ1) is 9.40. The molecule has 0 saturated carbocycles. The first-order valence-corrected chi connectivity index (χ1v) is 6.60. The van der Waals surface area contributed by atoms with Crippen LogP contribution >= 0.6 is 15.9 Å². The van der Waals surface area contributed by atoms with Gasteiger partial charge in [0.2, 0.25) is 0 Å². The maximum atomic E-state index is 13.4. The maximum absolute atomic E-state index is 13.4. The van der Waals surface area contributed by atoms with E-state index in [1.54, 1.807) is 0 Å². The molecule has 1 aromatic rings. The minimum absolute atomic E-state index is 0.0306. The predicted molar refractivity (Wildman–Crippen MR) is 72.6 cm³/mol. The van der Waals surface area contributed by atoms with E-state index in [9.17, 15) is 18.4 Å². The lowest BCUT2D eigenvalue weighted by atomic mass is 10.2. The van der Waals surface area contributed by atoms with Gasteiger partial charge in [0.1, 0.15) is 11.6 Å². The fourth-order valence-electron chi connectivity index (χ4n) is 1.39. The van der Waals surface area contributed by atoms with Crippen LogP contribution in [0.25, 0.3) is 0 Å². The van der Waals surface area contributed by atoms with Crippen molar-refractivity contribution in [3.05, 3.63) is 28.2 Å². The van der Waals surface area contributed by atoms with Crippen molar-refractivity contribution >= 4 is 33.6 Å². The molecule has 1 aromatic carbocycles. The summed E-state index contributed by atoms with van der Waals surface area (Å²) in [5.74, 6) is -2.54. The molecule has 0 aromatic heterocycles. The molecule has 0 aliphatic rings. The van der Waals surface area contributed by atoms with Crippen molar-refractivity contribution in [1.82, 2.24) is 5.32 Å². The molecule has 0 radical (unpaired) electrons. The molecule has 0 aliphatic heterocycles. The molecule has 5 nitrogen and oxygen atoms in total. The van der Waals surface area contributed by atoms with Crippen LogP contribution in [0.5, 0.6) is 0 Å². The summed E-state index contributed by atoms with van der Waals surface area (Å²) in [6.45, 7) is 0.267. The number of rotatable bonds is 6. The SMILES string of the molecule is O=C(O)CCCCNC(=O)Nc1cc(Br)c(F)cc1F. The third-order valence-corrected chi connectivity index (χ3v) is 2.97. The molecule has 110 valence electrons. The first kappa shape index (κ1) is 16.4. The molecule has 0 unspecified atom stereocenters. The second-order valence-electron chi connectivity index (χ2n) is 3.98. The summed E-state index contributed by atoms with van der Waals surface area (Å²) in [4.78, 5) is 21.7. The lowest BCUT2D eigenvalue weighted by Gasteiger charge is -2.09. The first-order valence-electron chi connectivity index (χ1n) is 5.81. The average Bonchev–Trinajstić information content (AvgIpc) is 2.35. The highest BCUT2D eigenvalue weighted by atomic mass is 79.9. The molecule has 3 N–H and O–H groups in total. The van der Waals surface area contributed by atoms with E-state index in [0.717, 1.165) is 6.07 Å². The second-order valence-corrected chi connectivity index (χ2v) is 4.83. The molecular weight excluding hydrogens is 338 g/mol. The van der Waals surface area contributed by atoms with Crippen molar-refractivity contribution in [2.75, 3.05) is 11.9 Å². The molecule has 0 spiro atoms. The van der Waals surface area contributed by atoms with E-state index in [1.807, 2.05) is 0 Å². The highest BCUT2D eigenvalue weighted by Gasteiger charge is 2.10. The highest BCUT2D eigenvalue weighted by molar-refractivity contribution is 9.10. The third-order valence-electron chi connectivity index (χ3n) is 2.36. The minimum atomic E-state index is -0.896. The molecule has 1 rings (SSSR count). The van der Waals surface area contributed by atoms with Gasteiger partial charge in [-0.1, -0.05) is 0 Å². The number of aliphatic carboxylic acids is 1. The van der Waals surface area contributed by atoms with Gasteiger partial charge in [0, 0.05) is 19.0 Å². The van der Waals surface area contributed by atoms with Gasteiger partial charge < -0.3 is 15.7 Å². The van der Waals surface area contributed by atoms with Crippen LogP contribution in [0, 0.1) is 11.6 Å². The van der Waals surface area contributed by atoms with Crippen LogP contribution in [0.1, 0.15) is 19.3 Å². The van der Waals surface area contributed by atoms with E-state index < -0.39 is 23.6 Å². The number of halogens is 3. The van der Waals surface area contributed by atoms with E-state index >= 15 is 0 Å². The number of unbranched alkanes of at least 4 members (excludes halogenated alkanes) is 1. The summed E-state index contributed by atoms with van der Waals surface area (Å²) in [7, 11) is 0. The Labute approximate surface area is 122 Å². The van der Waals surface area contributed by atoms with Crippen molar-refractivity contribution in [3.63, 3.8) is 0 Å². The van der Waals surface area contributed by atoms with E-state index in [4.69, 9.17) is 5.11 Å². The van der Waals surface area contributed by atoms with Crippen molar-refractivity contribution in [3.8, 4) is 0 Å². The average molecular weight is 351 g/mol. The molecule has 0 aliphatic carbocycles. The molecular formula is C12H13BrF2N2O3. The van der Waals surface area contributed by atoms with Gasteiger partial charge in [0.05, 0.1) is 10.2 Å². The zero-order valence-corrected chi connectivity index (χ0v) is 12.0. The van der Waals surface area contributed by atoms with Gasteiger partial charge in [-0.3, -0.25) is 4.79 Å². The van der Waals surface area contributed by atoms with Gasteiger partial charge in [0.15, 0.2) is 0 Å². The quantitative estimate of drug-likeness (QED) is 0.544. The number of carboxylic acids is 1. The molecule has 0 saturated heterocycles. The number of carboxylic acid groups (broad SMARTS) is 1. The Balaban J connectivity index is 2.39. The Morgan fingerprint density at radius 1 is 1.20 bits per heavy atom. The fraction of sp³-hybridized carbons (Fsp3) is 0.333. The molecule has 2 amide bonds. The number of hydrogen-bond donors (Lipinski definition) is 3. The number of urea groups is 1. The monoisotopic (exact) mass is 350 g/mol. The Morgan fingerprint density at radius 2 is 1.90 bits per heavy atom. The third kappa shape index (κ3) is 5.52. The summed E-state index contributed by atoms with van der Waals surface area (Å²) >= 11 is 2.89. The number of nitrogens with one attached hydrogen (secondary N) is 2. The van der Waals surface area contributed by atoms with Crippen molar-refractivity contribution in [2.45, 2.75) is 19.3 Å². The smallest absolute Gasteiger partial charge is 0.319 e. The summed E-state index contributed by atoms with van der Waals surface area (Å²) in [5.41, 5.74) is -0.152. The predicted octanol–water partition coefficient (Wildman–Crippen LogP) is 3.10. The van der Waals surface area contributed by atoms with Gasteiger partial charge in [0.25, 0.3) is 0 Å². The van der Waals surface area contributed by atoms with Crippen LogP contribution in [0.4, 0.5) is 19.3 Å². The molecule has 8 heteroatoms. The maximum Gasteiger partial charge on any atom is 0.319 e. The van der Waals surface area contributed by atoms with Gasteiger partial charge in [-0.25, -0.2) is 13.6 Å². The normalized spacial score (nSPS) is 10.2. The number of anilines is 1. The standard InChI is InChI=1S/C12H13BrF2N2O3/c13-7-5-10(9(15)6-8(7)14)17-12(20)16-4-2-1-3-11(18)19/h5-6H,1-4H2,(H,18,19)(H2,16,17,20). The molecule has 0 bridgehead atoms. The van der Waals surface area contributed by atoms with E-state index in [1.165, 1.54) is 0 Å². The van der Waals surface area contributed by atoms with Crippen LogP contribution in [0.3, 0.4) is 0 Å². The zero-order valence-electron chi connectivity index (χ0n) is 10.4. The number of benzene rings is 1. The molecule has 0 heterocycles. The number of carbonyl (C=O) groups excluding carboxylic acids is 1. The molecule has 20 heavy (non-hydrogen) atoms. The Bertz CT molecular complexity index is 512. The molecule has 0 fully saturated rings. The van der Waals surface area contributed by atoms with E-state index in [0.29, 0.717) is 18.9 Å². The van der Waals surface area contributed by atoms with Gasteiger partial charge in [-0.2, -0.15) is 0 Å². The topological polar surface area (TPSA) is 78.4 Å². The number of hydrogen-bond acceptors (Lipinski definition) is 2. The van der Waals surface area contributed by atoms with Gasteiger partial charge in [-0.05, 0) is 34.8 Å². The Morgan fingerprint density at radius 3 is 2.55 bits per heavy atom. The van der Waals surface area contributed by atoms with Crippen LogP contribution in [0.15, 0.2) is 16.6 Å².